The first-order valence-electron chi connectivity index (χ1n) is 8.54. The molecule has 1 N–H and O–H groups in total. The van der Waals surface area contributed by atoms with Crippen LogP contribution >= 0.6 is 12.2 Å². The van der Waals surface area contributed by atoms with Crippen molar-refractivity contribution in [1.82, 2.24) is 5.32 Å². The van der Waals surface area contributed by atoms with Crippen molar-refractivity contribution in [2.45, 2.75) is 13.8 Å². The molecular formula is C21H21N3O2S. The van der Waals surface area contributed by atoms with Crippen LogP contribution in [-0.4, -0.2) is 31.0 Å². The second kappa shape index (κ2) is 7.32. The van der Waals surface area contributed by atoms with Crippen LogP contribution in [0.4, 0.5) is 11.4 Å². The SMILES string of the molecule is Cc1ccc(C)c(N2C(=O)/C(=C\c3ccc(N(C)C)cc3)C(=O)NC2=S)c1. The molecule has 3 rings (SSSR count). The van der Waals surface area contributed by atoms with E-state index in [1.165, 1.54) is 4.90 Å². The molecule has 1 aliphatic heterocycles. The number of amides is 2. The van der Waals surface area contributed by atoms with Crippen LogP contribution in [-0.2, 0) is 9.59 Å². The lowest BCUT2D eigenvalue weighted by Gasteiger charge is -2.30. The van der Waals surface area contributed by atoms with Crippen LogP contribution < -0.4 is 15.1 Å². The summed E-state index contributed by atoms with van der Waals surface area (Å²) in [7, 11) is 3.91. The minimum Gasteiger partial charge on any atom is -0.378 e. The van der Waals surface area contributed by atoms with Crippen molar-refractivity contribution in [3.8, 4) is 0 Å². The van der Waals surface area contributed by atoms with Crippen molar-refractivity contribution in [3.05, 3.63) is 64.7 Å². The molecule has 0 spiro atoms. The van der Waals surface area contributed by atoms with Gasteiger partial charge < -0.3 is 4.90 Å². The highest BCUT2D eigenvalue weighted by atomic mass is 32.1. The van der Waals surface area contributed by atoms with Gasteiger partial charge in [-0.1, -0.05) is 24.3 Å². The van der Waals surface area contributed by atoms with Crippen molar-refractivity contribution in [2.75, 3.05) is 23.9 Å². The largest absolute Gasteiger partial charge is 0.378 e. The monoisotopic (exact) mass is 379 g/mol. The Bertz CT molecular complexity index is 962. The van der Waals surface area contributed by atoms with Crippen LogP contribution in [0.1, 0.15) is 16.7 Å². The molecule has 0 saturated carbocycles. The summed E-state index contributed by atoms with van der Waals surface area (Å²) in [5.41, 5.74) is 4.46. The van der Waals surface area contributed by atoms with Gasteiger partial charge >= 0.3 is 0 Å². The van der Waals surface area contributed by atoms with Gasteiger partial charge in [-0.05, 0) is 67.0 Å². The van der Waals surface area contributed by atoms with Crippen molar-refractivity contribution >= 4 is 46.6 Å². The van der Waals surface area contributed by atoms with Crippen LogP contribution in [0.5, 0.6) is 0 Å². The van der Waals surface area contributed by atoms with Crippen molar-refractivity contribution in [1.29, 1.82) is 0 Å². The number of carbonyl (C=O) groups is 2. The molecule has 1 heterocycles. The molecule has 6 heteroatoms. The van der Waals surface area contributed by atoms with E-state index in [1.54, 1.807) is 6.08 Å². The number of aryl methyl sites for hydroxylation is 2. The summed E-state index contributed by atoms with van der Waals surface area (Å²) in [6, 6.07) is 13.4. The van der Waals surface area contributed by atoms with Crippen molar-refractivity contribution < 1.29 is 9.59 Å². The van der Waals surface area contributed by atoms with Gasteiger partial charge in [0, 0.05) is 19.8 Å². The lowest BCUT2D eigenvalue weighted by molar-refractivity contribution is -0.122. The van der Waals surface area contributed by atoms with E-state index in [0.29, 0.717) is 5.69 Å². The number of hydrogen-bond donors (Lipinski definition) is 1. The Morgan fingerprint density at radius 3 is 2.33 bits per heavy atom. The van der Waals surface area contributed by atoms with Gasteiger partial charge in [0.2, 0.25) is 0 Å². The fourth-order valence-electron chi connectivity index (χ4n) is 2.87. The quantitative estimate of drug-likeness (QED) is 0.506. The molecule has 2 amide bonds. The van der Waals surface area contributed by atoms with E-state index in [-0.39, 0.29) is 10.7 Å². The molecule has 0 radical (unpaired) electrons. The zero-order chi connectivity index (χ0) is 19.7. The van der Waals surface area contributed by atoms with Crippen LogP contribution in [0.2, 0.25) is 0 Å². The highest BCUT2D eigenvalue weighted by molar-refractivity contribution is 7.80. The Hall–Kier alpha value is -2.99. The van der Waals surface area contributed by atoms with Gasteiger partial charge in [-0.25, -0.2) is 0 Å². The highest BCUT2D eigenvalue weighted by Gasteiger charge is 2.35. The van der Waals surface area contributed by atoms with Gasteiger partial charge in [0.15, 0.2) is 5.11 Å². The molecule has 5 nitrogen and oxygen atoms in total. The summed E-state index contributed by atoms with van der Waals surface area (Å²) in [6.07, 6.45) is 1.59. The third-order valence-electron chi connectivity index (χ3n) is 4.43. The molecule has 2 aromatic carbocycles. The molecule has 1 saturated heterocycles. The summed E-state index contributed by atoms with van der Waals surface area (Å²) in [6.45, 7) is 3.85. The normalized spacial score (nSPS) is 15.9. The topological polar surface area (TPSA) is 52.7 Å². The Balaban J connectivity index is 2.00. The average Bonchev–Trinajstić information content (AvgIpc) is 2.61. The summed E-state index contributed by atoms with van der Waals surface area (Å²) >= 11 is 5.27. The molecule has 2 aromatic rings. The third-order valence-corrected chi connectivity index (χ3v) is 4.71. The van der Waals surface area contributed by atoms with Gasteiger partial charge in [-0.15, -0.1) is 0 Å². The number of thiocarbonyl (C=S) groups is 1. The number of nitrogens with one attached hydrogen (secondary N) is 1. The zero-order valence-corrected chi connectivity index (χ0v) is 16.6. The highest BCUT2D eigenvalue weighted by Crippen LogP contribution is 2.26. The third kappa shape index (κ3) is 3.75. The number of rotatable bonds is 3. The first kappa shape index (κ1) is 18.8. The molecule has 1 fully saturated rings. The molecule has 0 atom stereocenters. The fraction of sp³-hybridized carbons (Fsp3) is 0.190. The molecular weight excluding hydrogens is 358 g/mol. The summed E-state index contributed by atoms with van der Waals surface area (Å²) < 4.78 is 0. The predicted molar refractivity (Wildman–Crippen MR) is 113 cm³/mol. The van der Waals surface area contributed by atoms with Gasteiger partial charge in [0.1, 0.15) is 5.57 Å². The first-order valence-corrected chi connectivity index (χ1v) is 8.95. The van der Waals surface area contributed by atoms with E-state index in [0.717, 1.165) is 22.4 Å². The second-order valence-electron chi connectivity index (χ2n) is 6.73. The number of carbonyl (C=O) groups excluding carboxylic acids is 2. The van der Waals surface area contributed by atoms with Gasteiger partial charge in [0.25, 0.3) is 11.8 Å². The van der Waals surface area contributed by atoms with E-state index in [2.05, 4.69) is 5.32 Å². The van der Waals surface area contributed by atoms with E-state index in [1.807, 2.05) is 75.3 Å². The van der Waals surface area contributed by atoms with Crippen molar-refractivity contribution in [3.63, 3.8) is 0 Å². The first-order chi connectivity index (χ1) is 12.8. The molecule has 0 aliphatic carbocycles. The minimum absolute atomic E-state index is 0.0575. The maximum absolute atomic E-state index is 13.1. The van der Waals surface area contributed by atoms with E-state index in [4.69, 9.17) is 12.2 Å². The Labute approximate surface area is 164 Å². The van der Waals surface area contributed by atoms with Crippen LogP contribution in [0, 0.1) is 13.8 Å². The molecule has 0 unspecified atom stereocenters. The van der Waals surface area contributed by atoms with E-state index in [9.17, 15) is 9.59 Å². The Kier molecular flexibility index (Phi) is 5.10. The summed E-state index contributed by atoms with van der Waals surface area (Å²) in [5, 5.41) is 2.72. The maximum atomic E-state index is 13.1. The maximum Gasteiger partial charge on any atom is 0.270 e. The Morgan fingerprint density at radius 1 is 1.04 bits per heavy atom. The van der Waals surface area contributed by atoms with E-state index < -0.39 is 11.8 Å². The van der Waals surface area contributed by atoms with Crippen LogP contribution in [0.25, 0.3) is 6.08 Å². The average molecular weight is 379 g/mol. The fourth-order valence-corrected chi connectivity index (χ4v) is 3.15. The number of anilines is 2. The smallest absolute Gasteiger partial charge is 0.270 e. The lowest BCUT2D eigenvalue weighted by atomic mass is 10.0. The molecule has 0 aromatic heterocycles. The molecule has 1 aliphatic rings. The van der Waals surface area contributed by atoms with Crippen LogP contribution in [0.15, 0.2) is 48.0 Å². The van der Waals surface area contributed by atoms with E-state index >= 15 is 0 Å². The molecule has 138 valence electrons. The van der Waals surface area contributed by atoms with Crippen LogP contribution in [0.3, 0.4) is 0 Å². The van der Waals surface area contributed by atoms with Gasteiger partial charge in [-0.2, -0.15) is 0 Å². The van der Waals surface area contributed by atoms with Gasteiger partial charge in [0.05, 0.1) is 5.69 Å². The van der Waals surface area contributed by atoms with Gasteiger partial charge in [-0.3, -0.25) is 19.8 Å². The second-order valence-corrected chi connectivity index (χ2v) is 7.12. The lowest BCUT2D eigenvalue weighted by Crippen LogP contribution is -2.54. The number of benzene rings is 2. The standard InChI is InChI=1S/C21H21N3O2S/c1-13-5-6-14(2)18(11-13)24-20(26)17(19(25)22-21(24)27)12-15-7-9-16(10-8-15)23(3)4/h5-12H,1-4H3,(H,22,25,27)/b17-12-. The van der Waals surface area contributed by atoms with Crippen molar-refractivity contribution in [2.24, 2.45) is 0 Å². The Morgan fingerprint density at radius 2 is 1.70 bits per heavy atom. The number of hydrogen-bond acceptors (Lipinski definition) is 4. The number of nitrogens with zero attached hydrogens (tertiary/aromatic N) is 2. The summed E-state index contributed by atoms with van der Waals surface area (Å²) in [4.78, 5) is 28.9. The summed E-state index contributed by atoms with van der Waals surface area (Å²) in [5.74, 6) is -0.905. The predicted octanol–water partition coefficient (Wildman–Crippen LogP) is 3.20. The zero-order valence-electron chi connectivity index (χ0n) is 15.7. The molecule has 27 heavy (non-hydrogen) atoms. The minimum atomic E-state index is -0.483. The molecule has 0 bridgehead atoms.